The SMILES string of the molecule is COCC1C(OC2OC3COC(C)OC3C(O)C2O)c2cc3c(cc2C(N)(c2cc(OC)c(O)c(OC)c2)C1C=O)OCO3. The Balaban J connectivity index is 1.49. The topological polar surface area (TPSA) is 187 Å². The third-order valence-corrected chi connectivity index (χ3v) is 8.90. The van der Waals surface area contributed by atoms with Crippen molar-refractivity contribution in [2.75, 3.05) is 41.3 Å². The molecule has 240 valence electrons. The average Bonchev–Trinajstić information content (AvgIpc) is 3.49. The van der Waals surface area contributed by atoms with Crippen molar-refractivity contribution < 1.29 is 62.7 Å². The van der Waals surface area contributed by atoms with Crippen LogP contribution in [0.3, 0.4) is 0 Å². The number of ether oxygens (including phenoxy) is 9. The van der Waals surface area contributed by atoms with Gasteiger partial charge in [0.05, 0.1) is 39.1 Å². The molecule has 2 aromatic carbocycles. The zero-order valence-electron chi connectivity index (χ0n) is 24.7. The second-order valence-electron chi connectivity index (χ2n) is 11.3. The summed E-state index contributed by atoms with van der Waals surface area (Å²) in [5, 5.41) is 32.7. The Kier molecular flexibility index (Phi) is 8.36. The summed E-state index contributed by atoms with van der Waals surface area (Å²) in [4.78, 5) is 13.1. The van der Waals surface area contributed by atoms with Crippen LogP contribution in [0.4, 0.5) is 0 Å². The predicted octanol–water partition coefficient (Wildman–Crippen LogP) is 0.698. The van der Waals surface area contributed by atoms with E-state index < -0.39 is 60.5 Å². The Bertz CT molecular complexity index is 1360. The van der Waals surface area contributed by atoms with Gasteiger partial charge in [-0.3, -0.25) is 0 Å². The van der Waals surface area contributed by atoms with Crippen LogP contribution >= 0.6 is 0 Å². The molecule has 2 aromatic rings. The normalized spacial score (nSPS) is 35.8. The van der Waals surface area contributed by atoms with E-state index in [2.05, 4.69) is 0 Å². The van der Waals surface area contributed by atoms with Crippen LogP contribution in [0.15, 0.2) is 24.3 Å². The summed E-state index contributed by atoms with van der Waals surface area (Å²) in [7, 11) is 4.26. The Morgan fingerprint density at radius 1 is 1.02 bits per heavy atom. The van der Waals surface area contributed by atoms with Gasteiger partial charge in [-0.05, 0) is 47.9 Å². The maximum absolute atomic E-state index is 13.1. The Hall–Kier alpha value is -3.21. The van der Waals surface area contributed by atoms with Gasteiger partial charge in [-0.15, -0.1) is 0 Å². The number of aliphatic hydroxyl groups is 2. The first-order chi connectivity index (χ1) is 21.2. The summed E-state index contributed by atoms with van der Waals surface area (Å²) in [6, 6.07) is 6.49. The lowest BCUT2D eigenvalue weighted by atomic mass is 9.61. The number of nitrogens with two attached hydrogens (primary N) is 1. The summed E-state index contributed by atoms with van der Waals surface area (Å²) in [6.07, 6.45) is -6.50. The Morgan fingerprint density at radius 2 is 1.70 bits per heavy atom. The van der Waals surface area contributed by atoms with Crippen molar-refractivity contribution in [2.24, 2.45) is 17.6 Å². The molecular weight excluding hydrogens is 582 g/mol. The summed E-state index contributed by atoms with van der Waals surface area (Å²) >= 11 is 0. The van der Waals surface area contributed by atoms with Gasteiger partial charge >= 0.3 is 0 Å². The van der Waals surface area contributed by atoms with Crippen molar-refractivity contribution in [1.82, 2.24) is 0 Å². The smallest absolute Gasteiger partial charge is 0.231 e. The highest BCUT2D eigenvalue weighted by molar-refractivity contribution is 5.68. The third kappa shape index (κ3) is 4.86. The van der Waals surface area contributed by atoms with Crippen LogP contribution in [0.5, 0.6) is 28.7 Å². The molecule has 0 aromatic heterocycles. The standard InChI is InChI=1S/C30H37NO13/c1-13-39-11-23-28(42-13)25(34)26(35)29(43-23)44-27-15-7-19-20(41-12-40-19)8-17(15)30(31,18(9-32)16(27)10-36-2)14-5-21(37-3)24(33)22(6-14)38-4/h5-9,13,16,18,23,25-29,33-35H,10-12,31H2,1-4H3. The number of aldehydes is 1. The molecule has 1 aliphatic carbocycles. The van der Waals surface area contributed by atoms with E-state index in [1.807, 2.05) is 0 Å². The van der Waals surface area contributed by atoms with Gasteiger partial charge in [-0.2, -0.15) is 0 Å². The number of hydrogen-bond acceptors (Lipinski definition) is 14. The number of rotatable bonds is 8. The Morgan fingerprint density at radius 3 is 2.34 bits per heavy atom. The number of carbonyl (C=O) groups is 1. The molecule has 2 fully saturated rings. The van der Waals surface area contributed by atoms with Crippen molar-refractivity contribution in [1.29, 1.82) is 0 Å². The zero-order chi connectivity index (χ0) is 31.3. The van der Waals surface area contributed by atoms with Gasteiger partial charge in [-0.1, -0.05) is 0 Å². The van der Waals surface area contributed by atoms with Crippen molar-refractivity contribution >= 4 is 6.29 Å². The fraction of sp³-hybridized carbons (Fsp3) is 0.567. The molecule has 4 aliphatic rings. The highest BCUT2D eigenvalue weighted by atomic mass is 16.8. The molecule has 5 N–H and O–H groups in total. The fourth-order valence-corrected chi connectivity index (χ4v) is 6.69. The second kappa shape index (κ2) is 11.9. The molecule has 44 heavy (non-hydrogen) atoms. The van der Waals surface area contributed by atoms with Crippen LogP contribution in [0, 0.1) is 11.8 Å². The molecule has 6 rings (SSSR count). The number of carbonyl (C=O) groups excluding carboxylic acids is 1. The molecule has 0 amide bonds. The molecule has 10 atom stereocenters. The highest BCUT2D eigenvalue weighted by Crippen LogP contribution is 2.55. The molecule has 14 heteroatoms. The minimum atomic E-state index is -1.55. The predicted molar refractivity (Wildman–Crippen MR) is 148 cm³/mol. The van der Waals surface area contributed by atoms with Crippen LogP contribution in [0.2, 0.25) is 0 Å². The van der Waals surface area contributed by atoms with Gasteiger partial charge in [0, 0.05) is 18.9 Å². The lowest BCUT2D eigenvalue weighted by Crippen LogP contribution is -2.63. The molecule has 14 nitrogen and oxygen atoms in total. The van der Waals surface area contributed by atoms with Crippen LogP contribution in [-0.2, 0) is 34.0 Å². The molecular formula is C30H37NO13. The van der Waals surface area contributed by atoms with E-state index in [0.717, 1.165) is 6.29 Å². The minimum Gasteiger partial charge on any atom is -0.502 e. The minimum absolute atomic E-state index is 0.00835. The van der Waals surface area contributed by atoms with Gasteiger partial charge in [0.25, 0.3) is 0 Å². The van der Waals surface area contributed by atoms with Crippen molar-refractivity contribution in [3.05, 3.63) is 41.0 Å². The van der Waals surface area contributed by atoms with Crippen LogP contribution in [0.25, 0.3) is 0 Å². The van der Waals surface area contributed by atoms with Crippen LogP contribution < -0.4 is 24.7 Å². The van der Waals surface area contributed by atoms with Crippen LogP contribution in [-0.4, -0.2) is 99.9 Å². The first-order valence-corrected chi connectivity index (χ1v) is 14.2. The third-order valence-electron chi connectivity index (χ3n) is 8.90. The van der Waals surface area contributed by atoms with Gasteiger partial charge < -0.3 is 68.5 Å². The number of hydrogen-bond donors (Lipinski definition) is 4. The number of aliphatic hydroxyl groups excluding tert-OH is 2. The maximum atomic E-state index is 13.1. The maximum Gasteiger partial charge on any atom is 0.231 e. The van der Waals surface area contributed by atoms with E-state index in [4.69, 9.17) is 48.4 Å². The van der Waals surface area contributed by atoms with E-state index in [1.165, 1.54) is 21.3 Å². The summed E-state index contributed by atoms with van der Waals surface area (Å²) < 4.78 is 51.6. The highest BCUT2D eigenvalue weighted by Gasteiger charge is 2.56. The summed E-state index contributed by atoms with van der Waals surface area (Å²) in [5.74, 6) is -0.966. The molecule has 0 spiro atoms. The largest absolute Gasteiger partial charge is 0.502 e. The second-order valence-corrected chi connectivity index (χ2v) is 11.3. The molecule has 0 saturated carbocycles. The van der Waals surface area contributed by atoms with E-state index in [1.54, 1.807) is 31.2 Å². The lowest BCUT2D eigenvalue weighted by Gasteiger charge is -2.50. The van der Waals surface area contributed by atoms with E-state index in [9.17, 15) is 20.1 Å². The molecule has 0 radical (unpaired) electrons. The lowest BCUT2D eigenvalue weighted by molar-refractivity contribution is -0.365. The van der Waals surface area contributed by atoms with E-state index >= 15 is 0 Å². The number of phenolic OH excluding ortho intramolecular Hbond substituents is 1. The number of phenols is 1. The molecule has 2 saturated heterocycles. The van der Waals surface area contributed by atoms with E-state index in [0.29, 0.717) is 28.2 Å². The number of fused-ring (bicyclic) bond motifs is 3. The quantitative estimate of drug-likeness (QED) is 0.302. The number of benzene rings is 2. The summed E-state index contributed by atoms with van der Waals surface area (Å²) in [5.41, 5.74) is 7.14. The van der Waals surface area contributed by atoms with Gasteiger partial charge in [-0.25, -0.2) is 0 Å². The number of methoxy groups -OCH3 is 3. The number of aromatic hydroxyl groups is 1. The van der Waals surface area contributed by atoms with Crippen molar-refractivity contribution in [3.8, 4) is 28.7 Å². The first kappa shape index (κ1) is 30.8. The van der Waals surface area contributed by atoms with Crippen molar-refractivity contribution in [2.45, 2.75) is 55.6 Å². The van der Waals surface area contributed by atoms with Gasteiger partial charge in [0.15, 0.2) is 35.6 Å². The molecule has 10 unspecified atom stereocenters. The zero-order valence-corrected chi connectivity index (χ0v) is 24.7. The monoisotopic (exact) mass is 619 g/mol. The van der Waals surface area contributed by atoms with E-state index in [-0.39, 0.29) is 37.3 Å². The van der Waals surface area contributed by atoms with Crippen molar-refractivity contribution in [3.63, 3.8) is 0 Å². The van der Waals surface area contributed by atoms with Gasteiger partial charge in [0.2, 0.25) is 12.5 Å². The average molecular weight is 620 g/mol. The fourth-order valence-electron chi connectivity index (χ4n) is 6.69. The van der Waals surface area contributed by atoms with Gasteiger partial charge in [0.1, 0.15) is 30.7 Å². The van der Waals surface area contributed by atoms with Crippen LogP contribution in [0.1, 0.15) is 29.7 Å². The molecule has 3 aliphatic heterocycles. The first-order valence-electron chi connectivity index (χ1n) is 14.2. The summed E-state index contributed by atoms with van der Waals surface area (Å²) in [6.45, 7) is 1.78. The molecule has 3 heterocycles. The Labute approximate surface area is 253 Å². The molecule has 0 bridgehead atoms.